The second-order valence-corrected chi connectivity index (χ2v) is 7.59. The number of furan rings is 1. The Bertz CT molecular complexity index is 1260. The van der Waals surface area contributed by atoms with E-state index in [9.17, 15) is 9.59 Å². The minimum Gasteiger partial charge on any atom is -0.464 e. The summed E-state index contributed by atoms with van der Waals surface area (Å²) in [5.41, 5.74) is 3.93. The molecule has 0 N–H and O–H groups in total. The first-order valence-electron chi connectivity index (χ1n) is 10.1. The van der Waals surface area contributed by atoms with Crippen LogP contribution in [0.3, 0.4) is 0 Å². The van der Waals surface area contributed by atoms with Crippen LogP contribution in [0.2, 0.25) is 0 Å². The van der Waals surface area contributed by atoms with Gasteiger partial charge in [0.2, 0.25) is 0 Å². The summed E-state index contributed by atoms with van der Waals surface area (Å²) in [5, 5.41) is 3.04. The zero-order valence-corrected chi connectivity index (χ0v) is 16.5. The minimum absolute atomic E-state index is 0.0666. The Labute approximate surface area is 173 Å². The van der Waals surface area contributed by atoms with Crippen molar-refractivity contribution in [1.29, 1.82) is 0 Å². The van der Waals surface area contributed by atoms with Crippen LogP contribution in [0.1, 0.15) is 16.7 Å². The highest BCUT2D eigenvalue weighted by Crippen LogP contribution is 2.30. The first-order valence-corrected chi connectivity index (χ1v) is 10.1. The number of esters is 1. The lowest BCUT2D eigenvalue weighted by atomic mass is 10.00. The van der Waals surface area contributed by atoms with Crippen molar-refractivity contribution >= 4 is 33.6 Å². The SMILES string of the molecule is O=C(Cc1coc2ccc3ccccc3c12)OCC(=O)N1CCc2ccccc2C1. The van der Waals surface area contributed by atoms with Crippen LogP contribution in [0.15, 0.2) is 71.3 Å². The molecular weight excluding hydrogens is 378 g/mol. The summed E-state index contributed by atoms with van der Waals surface area (Å²) < 4.78 is 10.9. The average molecular weight is 399 g/mol. The van der Waals surface area contributed by atoms with Crippen LogP contribution in [-0.2, 0) is 33.7 Å². The molecule has 0 atom stereocenters. The summed E-state index contributed by atoms with van der Waals surface area (Å²) in [6.07, 6.45) is 2.49. The average Bonchev–Trinajstić information content (AvgIpc) is 3.20. The summed E-state index contributed by atoms with van der Waals surface area (Å²) >= 11 is 0. The first kappa shape index (κ1) is 18.4. The quantitative estimate of drug-likeness (QED) is 0.481. The van der Waals surface area contributed by atoms with E-state index in [0.717, 1.165) is 39.3 Å². The molecule has 0 bridgehead atoms. The van der Waals surface area contributed by atoms with Gasteiger partial charge < -0.3 is 14.1 Å². The van der Waals surface area contributed by atoms with E-state index in [-0.39, 0.29) is 18.9 Å². The second kappa shape index (κ2) is 7.67. The molecule has 0 fully saturated rings. The zero-order chi connectivity index (χ0) is 20.5. The van der Waals surface area contributed by atoms with E-state index in [1.807, 2.05) is 54.6 Å². The van der Waals surface area contributed by atoms with Crippen LogP contribution in [0.5, 0.6) is 0 Å². The highest BCUT2D eigenvalue weighted by atomic mass is 16.5. The molecule has 0 unspecified atom stereocenters. The first-order chi connectivity index (χ1) is 14.7. The van der Waals surface area contributed by atoms with E-state index in [0.29, 0.717) is 13.1 Å². The maximum Gasteiger partial charge on any atom is 0.310 e. The van der Waals surface area contributed by atoms with Gasteiger partial charge in [0.15, 0.2) is 6.61 Å². The Morgan fingerprint density at radius 1 is 0.967 bits per heavy atom. The third-order valence-corrected chi connectivity index (χ3v) is 5.71. The smallest absolute Gasteiger partial charge is 0.310 e. The zero-order valence-electron chi connectivity index (χ0n) is 16.5. The molecule has 5 heteroatoms. The lowest BCUT2D eigenvalue weighted by Crippen LogP contribution is -2.38. The number of ether oxygens (including phenoxy) is 1. The standard InChI is InChI=1S/C25H21NO4/c27-23(26-12-11-17-5-1-2-7-19(17)14-26)16-30-24(28)13-20-15-29-22-10-9-18-6-3-4-8-21(18)25(20)22/h1-10,15H,11-14,16H2. The van der Waals surface area contributed by atoms with E-state index in [1.165, 1.54) is 5.56 Å². The van der Waals surface area contributed by atoms with Gasteiger partial charge >= 0.3 is 5.97 Å². The van der Waals surface area contributed by atoms with Crippen molar-refractivity contribution in [2.24, 2.45) is 0 Å². The Balaban J connectivity index is 1.25. The molecule has 2 heterocycles. The van der Waals surface area contributed by atoms with Crippen molar-refractivity contribution in [2.75, 3.05) is 13.2 Å². The van der Waals surface area contributed by atoms with Gasteiger partial charge in [0.25, 0.3) is 5.91 Å². The van der Waals surface area contributed by atoms with Crippen molar-refractivity contribution in [3.63, 3.8) is 0 Å². The van der Waals surface area contributed by atoms with E-state index in [4.69, 9.17) is 9.15 Å². The lowest BCUT2D eigenvalue weighted by Gasteiger charge is -2.28. The molecule has 0 spiro atoms. The van der Waals surface area contributed by atoms with Crippen molar-refractivity contribution in [1.82, 2.24) is 4.90 Å². The van der Waals surface area contributed by atoms with Gasteiger partial charge in [0.1, 0.15) is 5.58 Å². The number of fused-ring (bicyclic) bond motifs is 4. The lowest BCUT2D eigenvalue weighted by molar-refractivity contribution is -0.151. The van der Waals surface area contributed by atoms with Crippen LogP contribution >= 0.6 is 0 Å². The van der Waals surface area contributed by atoms with Crippen LogP contribution in [-0.4, -0.2) is 29.9 Å². The van der Waals surface area contributed by atoms with Crippen molar-refractivity contribution in [3.05, 3.63) is 83.6 Å². The van der Waals surface area contributed by atoms with Gasteiger partial charge in [-0.15, -0.1) is 0 Å². The van der Waals surface area contributed by atoms with Gasteiger partial charge in [-0.3, -0.25) is 9.59 Å². The molecule has 1 amide bonds. The maximum atomic E-state index is 12.5. The molecule has 150 valence electrons. The number of hydrogen-bond donors (Lipinski definition) is 0. The molecule has 1 aromatic heterocycles. The number of carbonyl (C=O) groups excluding carboxylic acids is 2. The number of amides is 1. The molecule has 0 saturated carbocycles. The minimum atomic E-state index is -0.434. The number of benzene rings is 3. The van der Waals surface area contributed by atoms with Crippen LogP contribution in [0.25, 0.3) is 21.7 Å². The van der Waals surface area contributed by atoms with Crippen LogP contribution in [0.4, 0.5) is 0 Å². The molecular formula is C25H21NO4. The molecule has 0 aliphatic carbocycles. The molecule has 4 aromatic rings. The number of rotatable bonds is 4. The van der Waals surface area contributed by atoms with Gasteiger partial charge in [0.05, 0.1) is 12.7 Å². The van der Waals surface area contributed by atoms with Gasteiger partial charge in [-0.05, 0) is 34.4 Å². The molecule has 30 heavy (non-hydrogen) atoms. The Kier molecular flexibility index (Phi) is 4.71. The van der Waals surface area contributed by atoms with Gasteiger partial charge in [-0.2, -0.15) is 0 Å². The molecule has 1 aliphatic rings. The molecule has 3 aromatic carbocycles. The van der Waals surface area contributed by atoms with Crippen LogP contribution < -0.4 is 0 Å². The molecule has 1 aliphatic heterocycles. The van der Waals surface area contributed by atoms with E-state index in [1.54, 1.807) is 11.2 Å². The number of hydrogen-bond acceptors (Lipinski definition) is 4. The Hall–Kier alpha value is -3.60. The fraction of sp³-hybridized carbons (Fsp3) is 0.200. The summed E-state index contributed by atoms with van der Waals surface area (Å²) in [7, 11) is 0. The maximum absolute atomic E-state index is 12.5. The van der Waals surface area contributed by atoms with E-state index < -0.39 is 5.97 Å². The third kappa shape index (κ3) is 3.43. The number of carbonyl (C=O) groups is 2. The normalized spacial score (nSPS) is 13.4. The second-order valence-electron chi connectivity index (χ2n) is 7.59. The van der Waals surface area contributed by atoms with E-state index >= 15 is 0 Å². The topological polar surface area (TPSA) is 59.8 Å². The predicted octanol–water partition coefficient (Wildman–Crippen LogP) is 4.26. The largest absolute Gasteiger partial charge is 0.464 e. The van der Waals surface area contributed by atoms with Gasteiger partial charge in [0, 0.05) is 24.0 Å². The van der Waals surface area contributed by atoms with Crippen molar-refractivity contribution < 1.29 is 18.7 Å². The van der Waals surface area contributed by atoms with E-state index in [2.05, 4.69) is 6.07 Å². The molecule has 5 nitrogen and oxygen atoms in total. The van der Waals surface area contributed by atoms with Gasteiger partial charge in [-0.1, -0.05) is 54.6 Å². The summed E-state index contributed by atoms with van der Waals surface area (Å²) in [6, 6.07) is 20.0. The highest BCUT2D eigenvalue weighted by Gasteiger charge is 2.22. The fourth-order valence-electron chi connectivity index (χ4n) is 4.15. The van der Waals surface area contributed by atoms with Crippen molar-refractivity contribution in [3.8, 4) is 0 Å². The summed E-state index contributed by atoms with van der Waals surface area (Å²) in [6.45, 7) is 0.966. The number of nitrogens with zero attached hydrogens (tertiary/aromatic N) is 1. The Morgan fingerprint density at radius 2 is 1.77 bits per heavy atom. The Morgan fingerprint density at radius 3 is 2.67 bits per heavy atom. The third-order valence-electron chi connectivity index (χ3n) is 5.71. The fourth-order valence-corrected chi connectivity index (χ4v) is 4.15. The summed E-state index contributed by atoms with van der Waals surface area (Å²) in [5.74, 6) is -0.600. The molecule has 0 saturated heterocycles. The monoisotopic (exact) mass is 399 g/mol. The van der Waals surface area contributed by atoms with Gasteiger partial charge in [-0.25, -0.2) is 0 Å². The van der Waals surface area contributed by atoms with Crippen molar-refractivity contribution in [2.45, 2.75) is 19.4 Å². The highest BCUT2D eigenvalue weighted by molar-refractivity contribution is 6.08. The molecule has 0 radical (unpaired) electrons. The predicted molar refractivity (Wildman–Crippen MR) is 114 cm³/mol. The summed E-state index contributed by atoms with van der Waals surface area (Å²) in [4.78, 5) is 26.7. The van der Waals surface area contributed by atoms with Crippen LogP contribution in [0, 0.1) is 0 Å². The molecule has 5 rings (SSSR count).